The number of carbonyl (C=O) groups is 1. The van der Waals surface area contributed by atoms with E-state index in [1.54, 1.807) is 24.3 Å². The first kappa shape index (κ1) is 22.9. The molecule has 0 spiro atoms. The summed E-state index contributed by atoms with van der Waals surface area (Å²) in [5.41, 5.74) is 1.86. The number of thioether (sulfide) groups is 1. The van der Waals surface area contributed by atoms with Gasteiger partial charge in [0.05, 0.1) is 34.5 Å². The number of aromatic nitrogens is 2. The summed E-state index contributed by atoms with van der Waals surface area (Å²) >= 11 is 7.23. The lowest BCUT2D eigenvalue weighted by Gasteiger charge is -2.26. The van der Waals surface area contributed by atoms with Crippen molar-refractivity contribution in [1.82, 2.24) is 14.3 Å². The molecule has 170 valence electrons. The summed E-state index contributed by atoms with van der Waals surface area (Å²) in [7, 11) is -2.15. The molecular formula is C21H23ClN4O4S2. The fourth-order valence-corrected chi connectivity index (χ4v) is 5.95. The van der Waals surface area contributed by atoms with Gasteiger partial charge in [-0.25, -0.2) is 13.4 Å². The van der Waals surface area contributed by atoms with Crippen LogP contribution in [0.5, 0.6) is 5.75 Å². The topological polar surface area (TPSA) is 104 Å². The number of imidazole rings is 1. The zero-order valence-corrected chi connectivity index (χ0v) is 19.8. The number of benzene rings is 2. The fourth-order valence-electron chi connectivity index (χ4n) is 3.55. The molecule has 0 unspecified atom stereocenters. The molecule has 2 aromatic carbocycles. The Labute approximate surface area is 195 Å². The van der Waals surface area contributed by atoms with Gasteiger partial charge in [0.25, 0.3) is 0 Å². The van der Waals surface area contributed by atoms with Crippen LogP contribution >= 0.6 is 23.4 Å². The van der Waals surface area contributed by atoms with Crippen molar-refractivity contribution in [2.24, 2.45) is 0 Å². The molecule has 0 saturated carbocycles. The molecule has 1 fully saturated rings. The highest BCUT2D eigenvalue weighted by atomic mass is 35.5. The number of methoxy groups -OCH3 is 1. The van der Waals surface area contributed by atoms with Gasteiger partial charge in [0.2, 0.25) is 15.9 Å². The molecule has 1 saturated heterocycles. The minimum atomic E-state index is -3.62. The van der Waals surface area contributed by atoms with Crippen LogP contribution in [0.25, 0.3) is 11.0 Å². The Morgan fingerprint density at radius 1 is 1.22 bits per heavy atom. The van der Waals surface area contributed by atoms with Crippen molar-refractivity contribution in [3.63, 3.8) is 0 Å². The summed E-state index contributed by atoms with van der Waals surface area (Å²) in [6, 6.07) is 9.84. The van der Waals surface area contributed by atoms with Gasteiger partial charge < -0.3 is 15.0 Å². The molecule has 0 atom stereocenters. The second kappa shape index (κ2) is 9.70. The van der Waals surface area contributed by atoms with E-state index in [1.165, 1.54) is 35.3 Å². The smallest absolute Gasteiger partial charge is 0.243 e. The molecule has 2 heterocycles. The van der Waals surface area contributed by atoms with Gasteiger partial charge in [-0.2, -0.15) is 4.31 Å². The number of sulfonamides is 1. The number of carbonyl (C=O) groups excluding carboxylic acids is 1. The molecule has 0 bridgehead atoms. The average molecular weight is 495 g/mol. The Kier molecular flexibility index (Phi) is 6.94. The predicted octanol–water partition coefficient (Wildman–Crippen LogP) is 4.13. The number of rotatable bonds is 7. The van der Waals surface area contributed by atoms with Gasteiger partial charge in [0.15, 0.2) is 5.16 Å². The summed E-state index contributed by atoms with van der Waals surface area (Å²) in [5, 5.41) is 3.95. The molecule has 1 aromatic heterocycles. The number of fused-ring (bicyclic) bond motifs is 1. The van der Waals surface area contributed by atoms with E-state index in [0.717, 1.165) is 30.3 Å². The minimum absolute atomic E-state index is 0.0831. The molecular weight excluding hydrogens is 472 g/mol. The Morgan fingerprint density at radius 2 is 2.00 bits per heavy atom. The van der Waals surface area contributed by atoms with E-state index in [1.807, 2.05) is 0 Å². The van der Waals surface area contributed by atoms with Crippen LogP contribution in [0.2, 0.25) is 5.02 Å². The number of H-pyrrole nitrogens is 1. The van der Waals surface area contributed by atoms with Gasteiger partial charge in [-0.3, -0.25) is 4.79 Å². The van der Waals surface area contributed by atoms with E-state index in [9.17, 15) is 13.2 Å². The molecule has 1 aliphatic rings. The largest absolute Gasteiger partial charge is 0.495 e. The second-order valence-electron chi connectivity index (χ2n) is 7.37. The van der Waals surface area contributed by atoms with Crippen molar-refractivity contribution in [2.45, 2.75) is 29.3 Å². The number of amides is 1. The van der Waals surface area contributed by atoms with E-state index in [2.05, 4.69) is 15.3 Å². The zero-order chi connectivity index (χ0) is 22.7. The number of nitrogens with zero attached hydrogens (tertiary/aromatic N) is 2. The molecule has 0 aliphatic carbocycles. The highest BCUT2D eigenvalue weighted by Crippen LogP contribution is 2.30. The molecule has 11 heteroatoms. The molecule has 3 aromatic rings. The summed E-state index contributed by atoms with van der Waals surface area (Å²) in [4.78, 5) is 20.3. The van der Waals surface area contributed by atoms with Gasteiger partial charge in [-0.1, -0.05) is 29.8 Å². The highest BCUT2D eigenvalue weighted by molar-refractivity contribution is 7.99. The molecule has 0 radical (unpaired) electrons. The van der Waals surface area contributed by atoms with E-state index in [4.69, 9.17) is 16.3 Å². The van der Waals surface area contributed by atoms with Gasteiger partial charge in [-0.05, 0) is 49.2 Å². The van der Waals surface area contributed by atoms with E-state index < -0.39 is 10.0 Å². The quantitative estimate of drug-likeness (QED) is 0.478. The molecule has 2 N–H and O–H groups in total. The molecule has 1 amide bonds. The fraction of sp³-hybridized carbons (Fsp3) is 0.333. The lowest BCUT2D eigenvalue weighted by molar-refractivity contribution is -0.113. The maximum Gasteiger partial charge on any atom is 0.243 e. The Morgan fingerprint density at radius 3 is 2.75 bits per heavy atom. The van der Waals surface area contributed by atoms with Crippen LogP contribution in [0.4, 0.5) is 5.69 Å². The third-order valence-corrected chi connectivity index (χ3v) is 8.16. The van der Waals surface area contributed by atoms with E-state index in [0.29, 0.717) is 34.7 Å². The maximum atomic E-state index is 13.0. The third kappa shape index (κ3) is 5.03. The Hall–Kier alpha value is -2.27. The lowest BCUT2D eigenvalue weighted by atomic mass is 10.2. The van der Waals surface area contributed by atoms with Gasteiger partial charge >= 0.3 is 0 Å². The predicted molar refractivity (Wildman–Crippen MR) is 126 cm³/mol. The third-order valence-electron chi connectivity index (χ3n) is 5.16. The first-order chi connectivity index (χ1) is 15.4. The van der Waals surface area contributed by atoms with Crippen molar-refractivity contribution in [1.29, 1.82) is 0 Å². The zero-order valence-electron chi connectivity index (χ0n) is 17.4. The van der Waals surface area contributed by atoms with Crippen LogP contribution < -0.4 is 10.1 Å². The Bertz CT molecular complexity index is 1240. The van der Waals surface area contributed by atoms with Crippen LogP contribution in [0.1, 0.15) is 19.3 Å². The number of halogens is 1. The number of hydrogen-bond acceptors (Lipinski definition) is 6. The van der Waals surface area contributed by atoms with Crippen molar-refractivity contribution < 1.29 is 17.9 Å². The monoisotopic (exact) mass is 494 g/mol. The number of aromatic amines is 1. The standard InChI is InChI=1S/C21H23ClN4O4S2/c1-30-19-8-6-15(32(28,29)26-9-3-2-4-10-26)12-18(19)23-20(27)13-31-21-24-16-7-5-14(22)11-17(16)25-21/h5-8,11-12H,2-4,9-10,13H2,1H3,(H,23,27)(H,24,25). The molecule has 8 nitrogen and oxygen atoms in total. The highest BCUT2D eigenvalue weighted by Gasteiger charge is 2.27. The van der Waals surface area contributed by atoms with Crippen LogP contribution in [-0.4, -0.2) is 54.6 Å². The number of anilines is 1. The summed E-state index contributed by atoms with van der Waals surface area (Å²) in [6.45, 7) is 1.02. The number of hydrogen-bond donors (Lipinski definition) is 2. The second-order valence-corrected chi connectivity index (χ2v) is 10.7. The van der Waals surface area contributed by atoms with E-state index in [-0.39, 0.29) is 16.6 Å². The SMILES string of the molecule is COc1ccc(S(=O)(=O)N2CCCCC2)cc1NC(=O)CSc1nc2ccc(Cl)cc2[nH]1. The van der Waals surface area contributed by atoms with Crippen LogP contribution in [0, 0.1) is 0 Å². The number of nitrogens with one attached hydrogen (secondary N) is 2. The summed E-state index contributed by atoms with van der Waals surface area (Å²) < 4.78 is 32.8. The Balaban J connectivity index is 1.47. The van der Waals surface area contributed by atoms with Crippen molar-refractivity contribution >= 4 is 56.0 Å². The number of piperidine rings is 1. The van der Waals surface area contributed by atoms with E-state index >= 15 is 0 Å². The maximum absolute atomic E-state index is 13.0. The van der Waals surface area contributed by atoms with Gasteiger partial charge in [0, 0.05) is 18.1 Å². The lowest BCUT2D eigenvalue weighted by Crippen LogP contribution is -2.35. The molecule has 32 heavy (non-hydrogen) atoms. The van der Waals surface area contributed by atoms with Gasteiger partial charge in [0.1, 0.15) is 5.75 Å². The first-order valence-electron chi connectivity index (χ1n) is 10.1. The summed E-state index contributed by atoms with van der Waals surface area (Å²) in [5.74, 6) is 0.165. The first-order valence-corrected chi connectivity index (χ1v) is 12.9. The van der Waals surface area contributed by atoms with Gasteiger partial charge in [-0.15, -0.1) is 0 Å². The van der Waals surface area contributed by atoms with Crippen molar-refractivity contribution in [3.05, 3.63) is 41.4 Å². The minimum Gasteiger partial charge on any atom is -0.495 e. The van der Waals surface area contributed by atoms with Crippen molar-refractivity contribution in [2.75, 3.05) is 31.3 Å². The summed E-state index contributed by atoms with van der Waals surface area (Å²) in [6.07, 6.45) is 2.74. The normalized spacial score (nSPS) is 15.1. The van der Waals surface area contributed by atoms with Crippen LogP contribution in [0.3, 0.4) is 0 Å². The van der Waals surface area contributed by atoms with Crippen molar-refractivity contribution in [3.8, 4) is 5.75 Å². The average Bonchev–Trinajstić information content (AvgIpc) is 3.20. The van der Waals surface area contributed by atoms with Crippen LogP contribution in [-0.2, 0) is 14.8 Å². The van der Waals surface area contributed by atoms with Crippen LogP contribution in [0.15, 0.2) is 46.5 Å². The molecule has 1 aliphatic heterocycles. The number of ether oxygens (including phenoxy) is 1. The molecule has 4 rings (SSSR count).